The smallest absolute Gasteiger partial charge is 0.309 e. The van der Waals surface area contributed by atoms with Crippen molar-refractivity contribution in [2.45, 2.75) is 262 Å². The third-order valence-electron chi connectivity index (χ3n) is 12.3. The van der Waals surface area contributed by atoms with Crippen molar-refractivity contribution in [3.8, 4) is 0 Å². The van der Waals surface area contributed by atoms with Crippen LogP contribution in [0.4, 0.5) is 0 Å². The minimum atomic E-state index is -1.54. The molecule has 0 aromatic rings. The molecular formula is C50H90N4O13S. The lowest BCUT2D eigenvalue weighted by atomic mass is 9.97. The first-order chi connectivity index (χ1) is 32.5. The Hall–Kier alpha value is -3.48. The van der Waals surface area contributed by atoms with E-state index < -0.39 is 96.3 Å². The second-order valence-corrected chi connectivity index (χ2v) is 19.0. The molecule has 17 nitrogen and oxygen atoms in total. The highest BCUT2D eigenvalue weighted by Crippen LogP contribution is 2.28. The van der Waals surface area contributed by atoms with Crippen LogP contribution < -0.4 is 21.7 Å². The Kier molecular flexibility index (Phi) is 35.2. The van der Waals surface area contributed by atoms with Crippen molar-refractivity contribution < 1.29 is 62.4 Å². The molecule has 394 valence electrons. The fraction of sp³-hybridized carbons (Fsp3) is 0.860. The molecule has 0 saturated carbocycles. The number of carbonyl (C=O) groups is 7. The monoisotopic (exact) mass is 987 g/mol. The lowest BCUT2D eigenvalue weighted by Crippen LogP contribution is -2.64. The summed E-state index contributed by atoms with van der Waals surface area (Å²) in [7, 11) is 1.18. The normalized spacial score (nSPS) is 19.7. The van der Waals surface area contributed by atoms with Crippen LogP contribution in [-0.2, 0) is 57.2 Å². The minimum Gasteiger partial charge on any atom is -0.469 e. The predicted octanol–water partition coefficient (Wildman–Crippen LogP) is 6.96. The number of ether oxygens (including phenoxy) is 5. The highest BCUT2D eigenvalue weighted by atomic mass is 32.1. The van der Waals surface area contributed by atoms with Crippen molar-refractivity contribution in [1.29, 1.82) is 0 Å². The Morgan fingerprint density at radius 1 is 0.676 bits per heavy atom. The maximum absolute atomic E-state index is 13.3. The van der Waals surface area contributed by atoms with Gasteiger partial charge in [0.1, 0.15) is 54.6 Å². The number of unbranched alkanes of at least 4 members (excludes halogenated alkanes) is 20. The van der Waals surface area contributed by atoms with Gasteiger partial charge >= 0.3 is 17.9 Å². The molecule has 1 rings (SSSR count). The fourth-order valence-corrected chi connectivity index (χ4v) is 8.50. The van der Waals surface area contributed by atoms with E-state index in [9.17, 15) is 38.7 Å². The maximum Gasteiger partial charge on any atom is 0.309 e. The summed E-state index contributed by atoms with van der Waals surface area (Å²) in [6, 6.07) is -3.45. The number of amides is 4. The maximum atomic E-state index is 13.3. The van der Waals surface area contributed by atoms with Crippen LogP contribution in [0, 0.1) is 0 Å². The van der Waals surface area contributed by atoms with Crippen LogP contribution in [0.3, 0.4) is 0 Å². The number of aliphatic hydroxyl groups excluding tert-OH is 1. The second kappa shape index (κ2) is 38.3. The Bertz CT molecular complexity index is 1460. The molecule has 0 aliphatic carbocycles. The van der Waals surface area contributed by atoms with Crippen molar-refractivity contribution >= 4 is 54.2 Å². The number of carbonyl (C=O) groups excluding carboxylic acids is 7. The zero-order chi connectivity index (χ0) is 50.7. The van der Waals surface area contributed by atoms with Gasteiger partial charge in [0.05, 0.1) is 19.6 Å². The number of nitrogens with one attached hydrogen (secondary N) is 3. The highest BCUT2D eigenvalue weighted by molar-refractivity contribution is 7.80. The first-order valence-electron chi connectivity index (χ1n) is 25.8. The van der Waals surface area contributed by atoms with E-state index in [-0.39, 0.29) is 31.7 Å². The minimum absolute atomic E-state index is 0.117. The average molecular weight is 987 g/mol. The standard InChI is InChI=1S/C50H90N4O13S/c1-7-9-11-13-15-17-18-19-20-22-24-26-28-30-42(57)66-38(29-27-25-23-21-16-14-12-10-8-2)33-43(58)64-34-40-45(59)46(44(50(68)67-40)53-37(5)55)65-36(4)49(62)52-35(3)48(61)54-39(47(51)60)31-32-41(56)63-6/h35-36,38-40,44-46,50,59,68H,7-34H2,1-6H3,(H2,51,60)(H,52,62)(H,53,55)(H,54,61)/t35-,36?,38+,39+,40+,44+,45+,46-,50-/m0/s1. The van der Waals surface area contributed by atoms with Crippen LogP contribution in [0.25, 0.3) is 0 Å². The number of rotatable bonds is 40. The van der Waals surface area contributed by atoms with E-state index >= 15 is 0 Å². The van der Waals surface area contributed by atoms with Crippen molar-refractivity contribution in [2.24, 2.45) is 5.73 Å². The van der Waals surface area contributed by atoms with Gasteiger partial charge in [-0.25, -0.2) is 0 Å². The number of methoxy groups -OCH3 is 1. The number of hydrogen-bond acceptors (Lipinski definition) is 14. The van der Waals surface area contributed by atoms with Crippen LogP contribution in [0.15, 0.2) is 0 Å². The van der Waals surface area contributed by atoms with Gasteiger partial charge in [-0.2, -0.15) is 0 Å². The van der Waals surface area contributed by atoms with Gasteiger partial charge < -0.3 is 50.5 Å². The molecule has 0 aromatic heterocycles. The number of primary amides is 1. The first kappa shape index (κ1) is 62.5. The first-order valence-corrected chi connectivity index (χ1v) is 26.3. The SMILES string of the molecule is CCCCCCCCCCCCCCCC(=O)O[C@H](CCCCCCCCCCC)CC(=O)OC[C@H]1O[C@@H](S)[C@H](NC(C)=O)[C@H](OC(C)C(=O)N[C@@H](C)C(=O)N[C@H](CCC(=O)OC)C(N)=O)[C@@H]1O. The second-order valence-electron chi connectivity index (χ2n) is 18.4. The summed E-state index contributed by atoms with van der Waals surface area (Å²) in [6.07, 6.45) is 19.9. The van der Waals surface area contributed by atoms with Crippen molar-refractivity contribution in [3.63, 3.8) is 0 Å². The Balaban J connectivity index is 2.84. The Morgan fingerprint density at radius 3 is 1.69 bits per heavy atom. The molecule has 9 atom stereocenters. The van der Waals surface area contributed by atoms with Gasteiger partial charge in [-0.3, -0.25) is 33.6 Å². The van der Waals surface area contributed by atoms with Gasteiger partial charge in [-0.1, -0.05) is 142 Å². The lowest BCUT2D eigenvalue weighted by molar-refractivity contribution is -0.204. The van der Waals surface area contributed by atoms with E-state index in [0.717, 1.165) is 51.4 Å². The third-order valence-corrected chi connectivity index (χ3v) is 12.7. The van der Waals surface area contributed by atoms with Gasteiger partial charge in [0.2, 0.25) is 23.6 Å². The van der Waals surface area contributed by atoms with E-state index in [0.29, 0.717) is 6.42 Å². The van der Waals surface area contributed by atoms with Gasteiger partial charge in [-0.05, 0) is 39.5 Å². The molecular weight excluding hydrogens is 897 g/mol. The molecule has 6 N–H and O–H groups in total. The fourth-order valence-electron chi connectivity index (χ4n) is 8.10. The van der Waals surface area contributed by atoms with E-state index in [4.69, 9.17) is 24.7 Å². The van der Waals surface area contributed by atoms with E-state index in [1.165, 1.54) is 118 Å². The van der Waals surface area contributed by atoms with E-state index in [1.807, 2.05) is 0 Å². The van der Waals surface area contributed by atoms with Gasteiger partial charge in [0.15, 0.2) is 0 Å². The molecule has 1 aliphatic heterocycles. The van der Waals surface area contributed by atoms with Gasteiger partial charge in [-0.15, -0.1) is 12.6 Å². The van der Waals surface area contributed by atoms with Crippen molar-refractivity contribution in [1.82, 2.24) is 16.0 Å². The zero-order valence-corrected chi connectivity index (χ0v) is 43.3. The molecule has 0 bridgehead atoms. The molecule has 0 radical (unpaired) electrons. The summed E-state index contributed by atoms with van der Waals surface area (Å²) in [5.74, 6) is -4.52. The number of thiol groups is 1. The van der Waals surface area contributed by atoms with Crippen LogP contribution in [0.1, 0.15) is 208 Å². The molecule has 1 fully saturated rings. The van der Waals surface area contributed by atoms with Crippen LogP contribution >= 0.6 is 12.6 Å². The van der Waals surface area contributed by atoms with Gasteiger partial charge in [0.25, 0.3) is 0 Å². The molecule has 1 unspecified atom stereocenters. The number of aliphatic hydroxyl groups is 1. The molecule has 1 aliphatic rings. The number of hydrogen-bond donors (Lipinski definition) is 6. The van der Waals surface area contributed by atoms with Gasteiger partial charge in [0, 0.05) is 19.8 Å². The third kappa shape index (κ3) is 28.9. The zero-order valence-electron chi connectivity index (χ0n) is 42.4. The Morgan fingerprint density at radius 2 is 1.19 bits per heavy atom. The Labute approximate surface area is 412 Å². The summed E-state index contributed by atoms with van der Waals surface area (Å²) in [5.41, 5.74) is 4.32. The average Bonchev–Trinajstić information content (AvgIpc) is 3.29. The van der Waals surface area contributed by atoms with E-state index in [2.05, 4.69) is 47.2 Å². The largest absolute Gasteiger partial charge is 0.469 e. The lowest BCUT2D eigenvalue weighted by Gasteiger charge is -2.43. The topological polar surface area (TPSA) is 248 Å². The quantitative estimate of drug-likeness (QED) is 0.0158. The molecule has 68 heavy (non-hydrogen) atoms. The summed E-state index contributed by atoms with van der Waals surface area (Å²) >= 11 is 4.48. The summed E-state index contributed by atoms with van der Waals surface area (Å²) in [4.78, 5) is 88.1. The van der Waals surface area contributed by atoms with Crippen molar-refractivity contribution in [3.05, 3.63) is 0 Å². The van der Waals surface area contributed by atoms with Crippen LogP contribution in [-0.4, -0.2) is 114 Å². The molecule has 1 saturated heterocycles. The molecule has 18 heteroatoms. The summed E-state index contributed by atoms with van der Waals surface area (Å²) < 4.78 is 27.9. The molecule has 0 spiro atoms. The summed E-state index contributed by atoms with van der Waals surface area (Å²) in [5, 5.41) is 19.0. The molecule has 0 aromatic carbocycles. The summed E-state index contributed by atoms with van der Waals surface area (Å²) in [6.45, 7) is 7.97. The van der Waals surface area contributed by atoms with Crippen molar-refractivity contribution in [2.75, 3.05) is 13.7 Å². The van der Waals surface area contributed by atoms with Crippen LogP contribution in [0.5, 0.6) is 0 Å². The predicted molar refractivity (Wildman–Crippen MR) is 263 cm³/mol. The van der Waals surface area contributed by atoms with Crippen LogP contribution in [0.2, 0.25) is 0 Å². The number of esters is 3. The number of nitrogens with two attached hydrogens (primary N) is 1. The van der Waals surface area contributed by atoms with E-state index in [1.54, 1.807) is 0 Å². The highest BCUT2D eigenvalue weighted by Gasteiger charge is 2.47. The molecule has 4 amide bonds. The molecule has 1 heterocycles.